The van der Waals surface area contributed by atoms with Gasteiger partial charge in [-0.15, -0.1) is 0 Å². The van der Waals surface area contributed by atoms with Crippen molar-refractivity contribution in [1.29, 1.82) is 0 Å². The lowest BCUT2D eigenvalue weighted by molar-refractivity contribution is 0.0507. The molecule has 3 atom stereocenters. The zero-order valence-electron chi connectivity index (χ0n) is 19.3. The van der Waals surface area contributed by atoms with Crippen molar-refractivity contribution in [3.63, 3.8) is 0 Å². The molecular weight excluding hydrogens is 413 g/mol. The minimum atomic E-state index is -0.566. The Balaban J connectivity index is 1.70. The predicted octanol–water partition coefficient (Wildman–Crippen LogP) is 4.43. The first-order valence-corrected chi connectivity index (χ1v) is 11.2. The normalized spacial score (nSPS) is 23.7. The molecule has 0 spiro atoms. The summed E-state index contributed by atoms with van der Waals surface area (Å²) in [4.78, 5) is 24.0. The summed E-state index contributed by atoms with van der Waals surface area (Å²) in [7, 11) is 0. The van der Waals surface area contributed by atoms with Crippen molar-refractivity contribution in [2.75, 3.05) is 11.9 Å². The van der Waals surface area contributed by atoms with Gasteiger partial charge in [-0.2, -0.15) is 5.10 Å². The highest BCUT2D eigenvalue weighted by Gasteiger charge is 2.31. The van der Waals surface area contributed by atoms with Crippen LogP contribution in [0.25, 0.3) is 0 Å². The number of halogens is 1. The number of anilines is 1. The van der Waals surface area contributed by atoms with Gasteiger partial charge in [0.1, 0.15) is 17.0 Å². The van der Waals surface area contributed by atoms with Crippen LogP contribution in [0.1, 0.15) is 76.2 Å². The number of hydrogen-bond donors (Lipinski definition) is 3. The zero-order valence-corrected chi connectivity index (χ0v) is 19.3. The van der Waals surface area contributed by atoms with Crippen molar-refractivity contribution < 1.29 is 18.7 Å². The maximum atomic E-state index is 13.3. The van der Waals surface area contributed by atoms with E-state index in [4.69, 9.17) is 10.5 Å². The SMILES string of the molecule is C[C@H]1CCC(CNC(=O)OC(C)(C)C)C[C@@H]1n1cc(C(N)=O)c(NC2=CC=C(F)CC2)n1. The van der Waals surface area contributed by atoms with Gasteiger partial charge in [-0.1, -0.05) is 6.92 Å². The van der Waals surface area contributed by atoms with Crippen molar-refractivity contribution in [2.24, 2.45) is 17.6 Å². The van der Waals surface area contributed by atoms with E-state index in [9.17, 15) is 14.0 Å². The fraction of sp³-hybridized carbons (Fsp3) is 0.609. The highest BCUT2D eigenvalue weighted by molar-refractivity contribution is 5.97. The molecule has 1 heterocycles. The average Bonchev–Trinajstić information content (AvgIpc) is 3.11. The monoisotopic (exact) mass is 447 g/mol. The Kier molecular flexibility index (Phi) is 7.26. The average molecular weight is 448 g/mol. The zero-order chi connectivity index (χ0) is 23.5. The van der Waals surface area contributed by atoms with Gasteiger partial charge < -0.3 is 21.1 Å². The van der Waals surface area contributed by atoms with Crippen molar-refractivity contribution >= 4 is 17.8 Å². The first-order chi connectivity index (χ1) is 15.0. The molecule has 1 fully saturated rings. The van der Waals surface area contributed by atoms with Crippen molar-refractivity contribution in [3.8, 4) is 0 Å². The molecule has 1 saturated carbocycles. The highest BCUT2D eigenvalue weighted by atomic mass is 19.1. The first-order valence-electron chi connectivity index (χ1n) is 11.2. The van der Waals surface area contributed by atoms with E-state index in [0.29, 0.717) is 36.7 Å². The Morgan fingerprint density at radius 2 is 2.03 bits per heavy atom. The minimum Gasteiger partial charge on any atom is -0.444 e. The summed E-state index contributed by atoms with van der Waals surface area (Å²) in [6.07, 6.45) is 7.96. The minimum absolute atomic E-state index is 0.0699. The van der Waals surface area contributed by atoms with Crippen molar-refractivity contribution in [3.05, 3.63) is 35.4 Å². The lowest BCUT2D eigenvalue weighted by Crippen LogP contribution is -2.37. The van der Waals surface area contributed by atoms with E-state index in [1.54, 1.807) is 12.3 Å². The van der Waals surface area contributed by atoms with Gasteiger partial charge >= 0.3 is 6.09 Å². The highest BCUT2D eigenvalue weighted by Crippen LogP contribution is 2.37. The molecule has 3 rings (SSSR count). The summed E-state index contributed by atoms with van der Waals surface area (Å²) >= 11 is 0. The Hall–Kier alpha value is -2.84. The molecule has 0 radical (unpaired) electrons. The molecular formula is C23H34FN5O3. The maximum absolute atomic E-state index is 13.3. The van der Waals surface area contributed by atoms with Crippen LogP contribution >= 0.6 is 0 Å². The lowest BCUT2D eigenvalue weighted by Gasteiger charge is -2.34. The summed E-state index contributed by atoms with van der Waals surface area (Å²) < 4.78 is 20.4. The molecule has 2 aliphatic rings. The largest absolute Gasteiger partial charge is 0.444 e. The lowest BCUT2D eigenvalue weighted by atomic mass is 9.79. The molecule has 9 heteroatoms. The molecule has 0 saturated heterocycles. The molecule has 1 aromatic rings. The first kappa shape index (κ1) is 23.8. The Morgan fingerprint density at radius 1 is 1.28 bits per heavy atom. The molecule has 2 amide bonds. The second-order valence-electron chi connectivity index (χ2n) is 9.77. The number of alkyl carbamates (subject to hydrolysis) is 1. The smallest absolute Gasteiger partial charge is 0.407 e. The van der Waals surface area contributed by atoms with Crippen molar-refractivity contribution in [2.45, 2.75) is 71.4 Å². The number of nitrogens with two attached hydrogens (primary N) is 1. The molecule has 176 valence electrons. The molecule has 1 aromatic heterocycles. The topological polar surface area (TPSA) is 111 Å². The van der Waals surface area contributed by atoms with Gasteiger partial charge in [0.15, 0.2) is 5.82 Å². The number of aromatic nitrogens is 2. The quantitative estimate of drug-likeness (QED) is 0.597. The van der Waals surface area contributed by atoms with Gasteiger partial charge in [0, 0.05) is 24.9 Å². The number of rotatable bonds is 6. The van der Waals surface area contributed by atoms with Gasteiger partial charge in [-0.25, -0.2) is 9.18 Å². The Morgan fingerprint density at radius 3 is 2.66 bits per heavy atom. The van der Waals surface area contributed by atoms with Crippen LogP contribution in [-0.4, -0.2) is 33.9 Å². The Labute approximate surface area is 188 Å². The van der Waals surface area contributed by atoms with Gasteiger partial charge in [0.25, 0.3) is 5.91 Å². The van der Waals surface area contributed by atoms with E-state index in [2.05, 4.69) is 22.7 Å². The third kappa shape index (κ3) is 6.34. The number of nitrogens with one attached hydrogen (secondary N) is 2. The summed E-state index contributed by atoms with van der Waals surface area (Å²) in [6.45, 7) is 8.19. The second-order valence-corrected chi connectivity index (χ2v) is 9.77. The van der Waals surface area contributed by atoms with Crippen LogP contribution in [0.5, 0.6) is 0 Å². The molecule has 2 aliphatic carbocycles. The van der Waals surface area contributed by atoms with Gasteiger partial charge in [-0.3, -0.25) is 9.48 Å². The Bertz CT molecular complexity index is 915. The van der Waals surface area contributed by atoms with E-state index >= 15 is 0 Å². The summed E-state index contributed by atoms with van der Waals surface area (Å²) in [5, 5.41) is 10.6. The number of ether oxygens (including phenoxy) is 1. The van der Waals surface area contributed by atoms with Crippen LogP contribution < -0.4 is 16.4 Å². The number of hydrogen-bond acceptors (Lipinski definition) is 5. The number of carbonyl (C=O) groups excluding carboxylic acids is 2. The number of amides is 2. The number of allylic oxidation sites excluding steroid dienone is 4. The number of nitrogens with zero attached hydrogens (tertiary/aromatic N) is 2. The van der Waals surface area contributed by atoms with E-state index in [-0.39, 0.29) is 17.8 Å². The molecule has 4 N–H and O–H groups in total. The molecule has 0 bridgehead atoms. The van der Waals surface area contributed by atoms with Gasteiger partial charge in [0.2, 0.25) is 0 Å². The van der Waals surface area contributed by atoms with Crippen LogP contribution in [0.2, 0.25) is 0 Å². The van der Waals surface area contributed by atoms with Crippen molar-refractivity contribution in [1.82, 2.24) is 15.1 Å². The van der Waals surface area contributed by atoms with Gasteiger partial charge in [-0.05, 0) is 70.4 Å². The van der Waals surface area contributed by atoms with Crippen LogP contribution in [0.15, 0.2) is 29.9 Å². The molecule has 0 aromatic carbocycles. The predicted molar refractivity (Wildman–Crippen MR) is 121 cm³/mol. The van der Waals surface area contributed by atoms with Crippen LogP contribution in [0, 0.1) is 11.8 Å². The molecule has 32 heavy (non-hydrogen) atoms. The number of carbonyl (C=O) groups is 2. The summed E-state index contributed by atoms with van der Waals surface area (Å²) in [5.74, 6) is 0.283. The second kappa shape index (κ2) is 9.75. The van der Waals surface area contributed by atoms with E-state index < -0.39 is 17.6 Å². The molecule has 0 aliphatic heterocycles. The number of primary amides is 1. The van der Waals surface area contributed by atoms with E-state index in [1.165, 1.54) is 6.08 Å². The fourth-order valence-electron chi connectivity index (χ4n) is 4.18. The van der Waals surface area contributed by atoms with Gasteiger partial charge in [0.05, 0.1) is 6.04 Å². The fourth-order valence-corrected chi connectivity index (χ4v) is 4.18. The molecule has 8 nitrogen and oxygen atoms in total. The van der Waals surface area contributed by atoms with Crippen LogP contribution in [-0.2, 0) is 4.74 Å². The van der Waals surface area contributed by atoms with Crippen LogP contribution in [0.4, 0.5) is 15.0 Å². The van der Waals surface area contributed by atoms with Crippen LogP contribution in [0.3, 0.4) is 0 Å². The standard InChI is InChI=1S/C23H34FN5O3/c1-14-5-6-15(12-26-22(31)32-23(2,3)4)11-19(14)29-13-18(20(25)30)21(28-29)27-17-9-7-16(24)8-10-17/h7,9,13-15,19H,5-6,8,10-12H2,1-4H3,(H2,25,30)(H,26,31)(H,27,28)/t14-,15?,19-/m0/s1. The van der Waals surface area contributed by atoms with E-state index in [1.807, 2.05) is 25.5 Å². The third-order valence-electron chi connectivity index (χ3n) is 5.91. The third-order valence-corrected chi connectivity index (χ3v) is 5.91. The summed E-state index contributed by atoms with van der Waals surface area (Å²) in [6, 6.07) is 0.0699. The van der Waals surface area contributed by atoms with E-state index in [0.717, 1.165) is 25.0 Å². The maximum Gasteiger partial charge on any atom is 0.407 e. The summed E-state index contributed by atoms with van der Waals surface area (Å²) in [5.41, 5.74) is 6.15. The molecule has 1 unspecified atom stereocenters.